The van der Waals surface area contributed by atoms with Crippen molar-refractivity contribution in [3.63, 3.8) is 0 Å². The molecule has 0 aromatic rings. The Bertz CT molecular complexity index is 876. The number of likely N-dealkylation sites (tertiary alicyclic amines) is 1. The van der Waals surface area contributed by atoms with Gasteiger partial charge in [0.2, 0.25) is 0 Å². The minimum atomic E-state index is -0.156. The molecule has 1 saturated heterocycles. The summed E-state index contributed by atoms with van der Waals surface area (Å²) in [6.45, 7) is 16.6. The predicted molar refractivity (Wildman–Crippen MR) is 264 cm³/mol. The van der Waals surface area contributed by atoms with Crippen molar-refractivity contribution in [2.45, 2.75) is 291 Å². The molecular formula is C55H107NO6. The molecular weight excluding hydrogens is 771 g/mol. The Morgan fingerprint density at radius 3 is 1.18 bits per heavy atom. The van der Waals surface area contributed by atoms with E-state index in [2.05, 4.69) is 39.5 Å². The third-order valence-electron chi connectivity index (χ3n) is 13.6. The van der Waals surface area contributed by atoms with E-state index in [-0.39, 0.29) is 24.3 Å². The van der Waals surface area contributed by atoms with Crippen molar-refractivity contribution in [2.24, 2.45) is 11.8 Å². The molecule has 0 radical (unpaired) electrons. The average molecular weight is 878 g/mol. The van der Waals surface area contributed by atoms with Crippen LogP contribution in [0, 0.1) is 11.8 Å². The predicted octanol–water partition coefficient (Wildman–Crippen LogP) is 16.3. The van der Waals surface area contributed by atoms with Gasteiger partial charge >= 0.3 is 11.9 Å². The quantitative estimate of drug-likeness (QED) is 0.0342. The van der Waals surface area contributed by atoms with Gasteiger partial charge in [0.1, 0.15) is 0 Å². The Balaban J connectivity index is 2.23. The molecule has 0 spiro atoms. The van der Waals surface area contributed by atoms with E-state index in [0.29, 0.717) is 37.9 Å². The van der Waals surface area contributed by atoms with Gasteiger partial charge in [-0.3, -0.25) is 9.59 Å². The topological polar surface area (TPSA) is 74.3 Å². The number of nitrogens with zero attached hydrogens (tertiary/aromatic N) is 1. The summed E-state index contributed by atoms with van der Waals surface area (Å²) in [5.74, 6) is 1.44. The molecule has 1 atom stereocenters. The van der Waals surface area contributed by atoms with Gasteiger partial charge in [0, 0.05) is 19.4 Å². The maximum atomic E-state index is 12.4. The molecule has 0 aromatic heterocycles. The maximum absolute atomic E-state index is 12.4. The normalized spacial score (nSPS) is 13.9. The zero-order valence-corrected chi connectivity index (χ0v) is 42.3. The minimum absolute atomic E-state index is 0.00446. The molecule has 1 unspecified atom stereocenters. The molecule has 1 rings (SSSR count). The number of esters is 2. The second-order valence-electron chi connectivity index (χ2n) is 19.5. The van der Waals surface area contributed by atoms with Crippen molar-refractivity contribution in [2.75, 3.05) is 39.5 Å². The van der Waals surface area contributed by atoms with E-state index in [1.807, 2.05) is 0 Å². The van der Waals surface area contributed by atoms with Crippen molar-refractivity contribution in [1.29, 1.82) is 0 Å². The molecule has 0 N–H and O–H groups in total. The van der Waals surface area contributed by atoms with Gasteiger partial charge in [0.25, 0.3) is 0 Å². The third kappa shape index (κ3) is 38.1. The summed E-state index contributed by atoms with van der Waals surface area (Å²) in [4.78, 5) is 27.3. The molecule has 0 aromatic carbocycles. The zero-order chi connectivity index (χ0) is 45.0. The fourth-order valence-corrected chi connectivity index (χ4v) is 9.42. The van der Waals surface area contributed by atoms with Crippen molar-refractivity contribution in [1.82, 2.24) is 4.90 Å². The monoisotopic (exact) mass is 878 g/mol. The summed E-state index contributed by atoms with van der Waals surface area (Å²) in [7, 11) is 0. The van der Waals surface area contributed by atoms with E-state index >= 15 is 0 Å². The van der Waals surface area contributed by atoms with Gasteiger partial charge in [-0.2, -0.15) is 0 Å². The van der Waals surface area contributed by atoms with Gasteiger partial charge < -0.3 is 23.8 Å². The van der Waals surface area contributed by atoms with Crippen LogP contribution in [-0.2, 0) is 28.5 Å². The highest BCUT2D eigenvalue weighted by Gasteiger charge is 2.17. The first-order valence-corrected chi connectivity index (χ1v) is 27.7. The Morgan fingerprint density at radius 1 is 0.435 bits per heavy atom. The van der Waals surface area contributed by atoms with E-state index in [1.54, 1.807) is 0 Å². The lowest BCUT2D eigenvalue weighted by Crippen LogP contribution is -2.28. The summed E-state index contributed by atoms with van der Waals surface area (Å²) < 4.78 is 24.0. The third-order valence-corrected chi connectivity index (χ3v) is 13.6. The van der Waals surface area contributed by atoms with Gasteiger partial charge in [-0.15, -0.1) is 0 Å². The highest BCUT2D eigenvalue weighted by atomic mass is 16.7. The molecule has 62 heavy (non-hydrogen) atoms. The van der Waals surface area contributed by atoms with Gasteiger partial charge in [-0.1, -0.05) is 207 Å². The summed E-state index contributed by atoms with van der Waals surface area (Å²) in [5, 5.41) is 0. The smallest absolute Gasteiger partial charge is 0.305 e. The fourth-order valence-electron chi connectivity index (χ4n) is 9.42. The number of unbranched alkanes of at least 4 members (excludes halogenated alkanes) is 20. The minimum Gasteiger partial charge on any atom is -0.466 e. The van der Waals surface area contributed by atoms with Gasteiger partial charge in [0.15, 0.2) is 6.29 Å². The molecule has 368 valence electrons. The van der Waals surface area contributed by atoms with Crippen LogP contribution in [0.4, 0.5) is 0 Å². The maximum Gasteiger partial charge on any atom is 0.305 e. The molecule has 0 saturated carbocycles. The van der Waals surface area contributed by atoms with Gasteiger partial charge in [0.05, 0.1) is 25.9 Å². The lowest BCUT2D eigenvalue weighted by Gasteiger charge is -2.24. The van der Waals surface area contributed by atoms with E-state index in [4.69, 9.17) is 18.9 Å². The van der Waals surface area contributed by atoms with E-state index in [1.165, 1.54) is 193 Å². The second-order valence-corrected chi connectivity index (χ2v) is 19.5. The Kier molecular flexibility index (Phi) is 42.7. The Labute approximate surface area is 386 Å². The van der Waals surface area contributed by atoms with Crippen LogP contribution in [0.25, 0.3) is 0 Å². The van der Waals surface area contributed by atoms with E-state index < -0.39 is 0 Å². The van der Waals surface area contributed by atoms with Crippen LogP contribution in [0.15, 0.2) is 0 Å². The Hall–Kier alpha value is -1.18. The molecule has 1 aliphatic rings. The molecule has 7 heteroatoms. The Morgan fingerprint density at radius 2 is 0.790 bits per heavy atom. The number of carbonyl (C=O) groups is 2. The van der Waals surface area contributed by atoms with Crippen LogP contribution in [0.1, 0.15) is 279 Å². The SMILES string of the molecule is CCCCCC(CCCCC)CCOC(=O)CCCCCCCCCC(CCCCCCCCCC(=O)OCCC(CCCCC)CCCCC)OC(C)OCCN1CCCC1. The molecule has 1 aliphatic heterocycles. The highest BCUT2D eigenvalue weighted by Crippen LogP contribution is 2.24. The summed E-state index contributed by atoms with van der Waals surface area (Å²) >= 11 is 0. The zero-order valence-electron chi connectivity index (χ0n) is 42.3. The second kappa shape index (κ2) is 45.0. The van der Waals surface area contributed by atoms with Crippen LogP contribution >= 0.6 is 0 Å². The summed E-state index contributed by atoms with van der Waals surface area (Å²) in [6.07, 6.45) is 45.4. The van der Waals surface area contributed by atoms with Crippen LogP contribution in [-0.4, -0.2) is 68.7 Å². The lowest BCUT2D eigenvalue weighted by molar-refractivity contribution is -0.165. The highest BCUT2D eigenvalue weighted by molar-refractivity contribution is 5.69. The van der Waals surface area contributed by atoms with Crippen LogP contribution in [0.2, 0.25) is 0 Å². The number of hydrogen-bond acceptors (Lipinski definition) is 7. The van der Waals surface area contributed by atoms with E-state index in [9.17, 15) is 9.59 Å². The van der Waals surface area contributed by atoms with Crippen LogP contribution in [0.3, 0.4) is 0 Å². The summed E-state index contributed by atoms with van der Waals surface area (Å²) in [6, 6.07) is 0. The number of rotatable bonds is 48. The first-order chi connectivity index (χ1) is 30.4. The lowest BCUT2D eigenvalue weighted by atomic mass is 9.92. The summed E-state index contributed by atoms with van der Waals surface area (Å²) in [5.41, 5.74) is 0. The molecule has 1 heterocycles. The largest absolute Gasteiger partial charge is 0.466 e. The van der Waals surface area contributed by atoms with Crippen molar-refractivity contribution < 1.29 is 28.5 Å². The van der Waals surface area contributed by atoms with Gasteiger partial charge in [-0.05, 0) is 83.2 Å². The number of ether oxygens (including phenoxy) is 4. The van der Waals surface area contributed by atoms with Crippen LogP contribution in [0.5, 0.6) is 0 Å². The fraction of sp³-hybridized carbons (Fsp3) is 0.964. The van der Waals surface area contributed by atoms with Crippen molar-refractivity contribution in [3.8, 4) is 0 Å². The average Bonchev–Trinajstić information content (AvgIpc) is 3.78. The van der Waals surface area contributed by atoms with Crippen molar-refractivity contribution in [3.05, 3.63) is 0 Å². The van der Waals surface area contributed by atoms with Crippen molar-refractivity contribution >= 4 is 11.9 Å². The van der Waals surface area contributed by atoms with Gasteiger partial charge in [-0.25, -0.2) is 0 Å². The molecule has 7 nitrogen and oxygen atoms in total. The van der Waals surface area contributed by atoms with E-state index in [0.717, 1.165) is 64.5 Å². The molecule has 0 amide bonds. The number of hydrogen-bond donors (Lipinski definition) is 0. The standard InChI is InChI=1S/C55H107NO6/c1-6-10-24-34-51(35-25-11-7-2)42-47-60-54(57)40-30-22-18-14-16-20-28-38-53(62-50(5)59-49-46-56-44-32-33-45-56)39-29-21-17-15-19-23-31-41-55(58)61-48-43-52(36-26-12-8-3)37-27-13-9-4/h50-53H,6-49H2,1-5H3. The first-order valence-electron chi connectivity index (χ1n) is 27.7. The first kappa shape index (κ1) is 58.8. The molecule has 0 bridgehead atoms. The molecule has 0 aliphatic carbocycles. The van der Waals surface area contributed by atoms with Crippen LogP contribution < -0.4 is 0 Å². The molecule has 1 fully saturated rings. The number of carbonyl (C=O) groups excluding carboxylic acids is 2.